The summed E-state index contributed by atoms with van der Waals surface area (Å²) in [6, 6.07) is 0. The Morgan fingerprint density at radius 3 is 2.54 bits per heavy atom. The number of nitrogens with two attached hydrogens (primary N) is 1. The average Bonchev–Trinajstić information content (AvgIpc) is 1.81. The third kappa shape index (κ3) is 6.12. The summed E-state index contributed by atoms with van der Waals surface area (Å²) >= 11 is 0. The van der Waals surface area contributed by atoms with Crippen LogP contribution in [0.4, 0.5) is 0 Å². The molecule has 0 fully saturated rings. The van der Waals surface area contributed by atoms with Crippen molar-refractivity contribution in [3.05, 3.63) is 0 Å². The van der Waals surface area contributed by atoms with Crippen LogP contribution in [0.5, 0.6) is 0 Å². The van der Waals surface area contributed by atoms with Crippen molar-refractivity contribution in [3.8, 4) is 0 Å². The quantitative estimate of drug-likeness (QED) is 0.317. The number of carbonyl (C=O) groups is 1. The highest BCUT2D eigenvalue weighted by molar-refractivity contribution is 7.52. The molecule has 1 unspecified atom stereocenters. The van der Waals surface area contributed by atoms with Gasteiger partial charge >= 0.3 is 13.6 Å². The first-order valence-corrected chi connectivity index (χ1v) is 5.32. The topological polar surface area (TPSA) is 117 Å². The van der Waals surface area contributed by atoms with Crippen LogP contribution in [0.3, 0.4) is 0 Å². The fourth-order valence-corrected chi connectivity index (χ4v) is 0.932. The molecule has 0 rings (SSSR count). The molecule has 0 heterocycles. The van der Waals surface area contributed by atoms with Crippen molar-refractivity contribution in [2.75, 3.05) is 20.3 Å². The molecule has 7 nitrogen and oxygen atoms in total. The van der Waals surface area contributed by atoms with E-state index in [1.54, 1.807) is 0 Å². The maximum absolute atomic E-state index is 10.8. The zero-order valence-electron chi connectivity index (χ0n) is 7.35. The molecule has 13 heavy (non-hydrogen) atoms. The summed E-state index contributed by atoms with van der Waals surface area (Å²) in [4.78, 5) is 20.6. The number of nitrogens with one attached hydrogen (secondary N) is 1. The Bertz CT molecular complexity index is 261. The van der Waals surface area contributed by atoms with Crippen molar-refractivity contribution >= 4 is 19.5 Å². The summed E-state index contributed by atoms with van der Waals surface area (Å²) in [5.74, 6) is -1.22. The molecule has 0 aromatic carbocycles. The molecule has 0 saturated heterocycles. The van der Waals surface area contributed by atoms with Crippen molar-refractivity contribution in [1.82, 2.24) is 4.90 Å². The highest BCUT2D eigenvalue weighted by Gasteiger charge is 2.18. The second kappa shape index (κ2) is 4.25. The molecule has 1 atom stereocenters. The van der Waals surface area contributed by atoms with Crippen LogP contribution < -0.4 is 5.73 Å². The van der Waals surface area contributed by atoms with E-state index in [4.69, 9.17) is 16.0 Å². The smallest absolute Gasteiger partial charge is 0.375 e. The largest absolute Gasteiger partial charge is 0.391 e. The van der Waals surface area contributed by atoms with Crippen molar-refractivity contribution < 1.29 is 18.8 Å². The molecule has 0 amide bonds. The van der Waals surface area contributed by atoms with E-state index < -0.39 is 13.6 Å². The third-order valence-corrected chi connectivity index (χ3v) is 1.59. The molecule has 8 heteroatoms. The lowest BCUT2D eigenvalue weighted by Gasteiger charge is -2.15. The van der Waals surface area contributed by atoms with Crippen molar-refractivity contribution in [3.63, 3.8) is 0 Å². The Morgan fingerprint density at radius 1 is 1.77 bits per heavy atom. The molecular formula is C5H12N3O4P. The van der Waals surface area contributed by atoms with E-state index >= 15 is 0 Å². The van der Waals surface area contributed by atoms with Gasteiger partial charge in [-0.2, -0.15) is 0 Å². The van der Waals surface area contributed by atoms with Crippen LogP contribution in [0.2, 0.25) is 0 Å². The molecule has 4 N–H and O–H groups in total. The SMILES string of the molecule is CN(CC(=O)OP(C)(=O)O)C(=N)N. The molecule has 0 aliphatic heterocycles. The Hall–Kier alpha value is -1.07. The van der Waals surface area contributed by atoms with E-state index in [1.807, 2.05) is 0 Å². The maximum Gasteiger partial charge on any atom is 0.375 e. The maximum atomic E-state index is 10.8. The van der Waals surface area contributed by atoms with E-state index in [0.29, 0.717) is 0 Å². The van der Waals surface area contributed by atoms with Gasteiger partial charge in [-0.15, -0.1) is 0 Å². The fourth-order valence-electron chi connectivity index (χ4n) is 0.497. The van der Waals surface area contributed by atoms with Crippen molar-refractivity contribution in [2.24, 2.45) is 5.73 Å². The Labute approximate surface area is 75.5 Å². The minimum absolute atomic E-state index is 0.319. The number of carbonyl (C=O) groups excluding carboxylic acids is 1. The Morgan fingerprint density at radius 2 is 2.23 bits per heavy atom. The molecule has 0 radical (unpaired) electrons. The summed E-state index contributed by atoms with van der Waals surface area (Å²) in [6.45, 7) is 0.576. The lowest BCUT2D eigenvalue weighted by atomic mass is 10.6. The second-order valence-electron chi connectivity index (χ2n) is 2.51. The van der Waals surface area contributed by atoms with Crippen LogP contribution in [0, 0.1) is 5.41 Å². The minimum atomic E-state index is -3.80. The standard InChI is InChI=1S/C5H12N3O4P/c1-8(5(6)7)3-4(9)12-13(2,10)11/h3H2,1-2H3,(H3,6,7)(H,10,11). The number of hydrogen-bond acceptors (Lipinski definition) is 4. The molecule has 0 bridgehead atoms. The average molecular weight is 209 g/mol. The number of likely N-dealkylation sites (N-methyl/N-ethyl adjacent to an activating group) is 1. The summed E-state index contributed by atoms with van der Waals surface area (Å²) in [6.07, 6.45) is 0. The van der Waals surface area contributed by atoms with Gasteiger partial charge in [0.1, 0.15) is 6.54 Å². The zero-order valence-corrected chi connectivity index (χ0v) is 8.25. The highest BCUT2D eigenvalue weighted by Crippen LogP contribution is 2.36. The van der Waals surface area contributed by atoms with Gasteiger partial charge in [0.15, 0.2) is 5.96 Å². The Balaban J connectivity index is 4.03. The van der Waals surface area contributed by atoms with E-state index in [2.05, 4.69) is 4.52 Å². The van der Waals surface area contributed by atoms with Gasteiger partial charge < -0.3 is 20.1 Å². The van der Waals surface area contributed by atoms with Crippen LogP contribution in [0.1, 0.15) is 0 Å². The van der Waals surface area contributed by atoms with E-state index in [1.165, 1.54) is 7.05 Å². The van der Waals surface area contributed by atoms with Crippen molar-refractivity contribution in [2.45, 2.75) is 0 Å². The molecule has 0 spiro atoms. The molecule has 0 aliphatic carbocycles. The highest BCUT2D eigenvalue weighted by atomic mass is 31.2. The van der Waals surface area contributed by atoms with Crippen LogP contribution >= 0.6 is 7.60 Å². The summed E-state index contributed by atoms with van der Waals surface area (Å²) < 4.78 is 14.7. The predicted molar refractivity (Wildman–Crippen MR) is 46.4 cm³/mol. The minimum Gasteiger partial charge on any atom is -0.391 e. The van der Waals surface area contributed by atoms with E-state index in [0.717, 1.165) is 11.6 Å². The summed E-state index contributed by atoms with van der Waals surface area (Å²) in [5, 5.41) is 6.89. The third-order valence-electron chi connectivity index (χ3n) is 1.05. The summed E-state index contributed by atoms with van der Waals surface area (Å²) in [5.41, 5.74) is 5.02. The van der Waals surface area contributed by atoms with Gasteiger partial charge in [-0.05, 0) is 0 Å². The van der Waals surface area contributed by atoms with Gasteiger partial charge in [0.25, 0.3) is 0 Å². The summed E-state index contributed by atoms with van der Waals surface area (Å²) in [7, 11) is -2.41. The zero-order chi connectivity index (χ0) is 10.6. The van der Waals surface area contributed by atoms with Gasteiger partial charge in [-0.3, -0.25) is 5.41 Å². The molecular weight excluding hydrogens is 197 g/mol. The number of nitrogens with zero attached hydrogens (tertiary/aromatic N) is 1. The van der Waals surface area contributed by atoms with Crippen molar-refractivity contribution in [1.29, 1.82) is 5.41 Å². The van der Waals surface area contributed by atoms with Crippen LogP contribution in [0.15, 0.2) is 0 Å². The number of rotatable bonds is 3. The molecule has 0 saturated carbocycles. The lowest BCUT2D eigenvalue weighted by Crippen LogP contribution is -2.37. The molecule has 0 aliphatic rings. The molecule has 0 aromatic heterocycles. The number of hydrogen-bond donors (Lipinski definition) is 3. The van der Waals surface area contributed by atoms with Crippen LogP contribution in [-0.2, 0) is 13.9 Å². The number of guanidine groups is 1. The van der Waals surface area contributed by atoms with E-state index in [9.17, 15) is 9.36 Å². The Kier molecular flexibility index (Phi) is 3.90. The van der Waals surface area contributed by atoms with Gasteiger partial charge in [0.2, 0.25) is 0 Å². The molecule has 0 aromatic rings. The van der Waals surface area contributed by atoms with Gasteiger partial charge in [0.05, 0.1) is 0 Å². The monoisotopic (exact) mass is 209 g/mol. The fraction of sp³-hybridized carbons (Fsp3) is 0.600. The van der Waals surface area contributed by atoms with Gasteiger partial charge in [-0.25, -0.2) is 9.36 Å². The predicted octanol–water partition coefficient (Wildman–Crippen LogP) is -0.830. The first kappa shape index (κ1) is 11.9. The molecule has 76 valence electrons. The first-order chi connectivity index (χ1) is 5.72. The lowest BCUT2D eigenvalue weighted by molar-refractivity contribution is -0.134. The van der Waals surface area contributed by atoms with E-state index in [-0.39, 0.29) is 12.5 Å². The second-order valence-corrected chi connectivity index (χ2v) is 4.30. The van der Waals surface area contributed by atoms with Crippen LogP contribution in [-0.4, -0.2) is 42.0 Å². The normalized spacial score (nSPS) is 14.4. The van der Waals surface area contributed by atoms with Crippen LogP contribution in [0.25, 0.3) is 0 Å². The van der Waals surface area contributed by atoms with Gasteiger partial charge in [-0.1, -0.05) is 0 Å². The van der Waals surface area contributed by atoms with Gasteiger partial charge in [0, 0.05) is 13.7 Å². The first-order valence-electron chi connectivity index (χ1n) is 3.30.